The third kappa shape index (κ3) is 9.39. The summed E-state index contributed by atoms with van der Waals surface area (Å²) in [5.74, 6) is 1.87. The summed E-state index contributed by atoms with van der Waals surface area (Å²) >= 11 is 3.93. The molecule has 0 aromatic heterocycles. The molecule has 6 nitrogen and oxygen atoms in total. The van der Waals surface area contributed by atoms with Crippen molar-refractivity contribution in [2.45, 2.75) is 47.4 Å². The molecule has 1 fully saturated rings. The van der Waals surface area contributed by atoms with E-state index in [1.165, 1.54) is 31.6 Å². The van der Waals surface area contributed by atoms with E-state index in [0.717, 1.165) is 45.6 Å². The number of piperazine rings is 1. The van der Waals surface area contributed by atoms with Gasteiger partial charge in [-0.3, -0.25) is 9.45 Å². The maximum atomic E-state index is 9.19. The third-order valence-corrected chi connectivity index (χ3v) is 8.64. The van der Waals surface area contributed by atoms with Gasteiger partial charge in [-0.25, -0.2) is 0 Å². The number of aliphatic hydroxyl groups excluding tert-OH is 1. The van der Waals surface area contributed by atoms with Crippen LogP contribution in [0, 0.1) is 5.92 Å². The number of hydrogen-bond acceptors (Lipinski definition) is 7. The largest absolute Gasteiger partial charge is 0.396 e. The van der Waals surface area contributed by atoms with Crippen LogP contribution in [-0.2, 0) is 16.5 Å². The van der Waals surface area contributed by atoms with Crippen LogP contribution in [0.2, 0.25) is 0 Å². The molecule has 9 heteroatoms. The summed E-state index contributed by atoms with van der Waals surface area (Å²) in [6.45, 7) is 10.3. The first-order valence-electron chi connectivity index (χ1n) is 12.2. The number of aliphatic hydroxyl groups is 1. The molecule has 194 valence electrons. The molecule has 2 aliphatic rings. The Morgan fingerprint density at radius 1 is 1.09 bits per heavy atom. The Bertz CT molecular complexity index is 1050. The predicted molar refractivity (Wildman–Crippen MR) is 146 cm³/mol. The highest BCUT2D eigenvalue weighted by Crippen LogP contribution is 2.44. The van der Waals surface area contributed by atoms with Gasteiger partial charge in [-0.1, -0.05) is 43.8 Å². The molecule has 0 spiro atoms. The number of nitrogens with zero attached hydrogens (tertiary/aromatic N) is 2. The van der Waals surface area contributed by atoms with Crippen molar-refractivity contribution < 1.29 is 18.1 Å². The van der Waals surface area contributed by atoms with Crippen molar-refractivity contribution in [3.63, 3.8) is 0 Å². The fourth-order valence-corrected chi connectivity index (χ4v) is 6.38. The van der Waals surface area contributed by atoms with Crippen molar-refractivity contribution >= 4 is 33.6 Å². The van der Waals surface area contributed by atoms with Gasteiger partial charge in [0.05, 0.1) is 6.26 Å². The van der Waals surface area contributed by atoms with Crippen LogP contribution in [0.3, 0.4) is 0 Å². The molecule has 1 atom stereocenters. The van der Waals surface area contributed by atoms with Crippen LogP contribution in [0.25, 0.3) is 0 Å². The van der Waals surface area contributed by atoms with Gasteiger partial charge >= 0.3 is 0 Å². The zero-order valence-corrected chi connectivity index (χ0v) is 23.3. The van der Waals surface area contributed by atoms with Crippen LogP contribution in [-0.4, -0.2) is 79.2 Å². The third-order valence-electron chi connectivity index (χ3n) is 6.01. The van der Waals surface area contributed by atoms with Crippen molar-refractivity contribution in [3.05, 3.63) is 53.6 Å². The highest BCUT2D eigenvalue weighted by molar-refractivity contribution is 7.99. The fourth-order valence-electron chi connectivity index (χ4n) is 4.36. The first-order chi connectivity index (χ1) is 16.6. The van der Waals surface area contributed by atoms with Crippen molar-refractivity contribution in [1.82, 2.24) is 9.80 Å². The smallest absolute Gasteiger partial charge is 0.261 e. The van der Waals surface area contributed by atoms with Gasteiger partial charge in [0.2, 0.25) is 0 Å². The SMILES string of the molecule is CC(C)CSc1ccc2c(c1)C(N1CCN(CCCO)CC1)Cc1ccccc1S2.CS(=O)(=O)O. The number of hydrogen-bond donors (Lipinski definition) is 2. The molecule has 2 heterocycles. The molecule has 0 amide bonds. The van der Waals surface area contributed by atoms with Gasteiger partial charge in [0.1, 0.15) is 0 Å². The van der Waals surface area contributed by atoms with Crippen molar-refractivity contribution in [3.8, 4) is 0 Å². The molecule has 35 heavy (non-hydrogen) atoms. The average molecular weight is 539 g/mol. The fraction of sp³-hybridized carbons (Fsp3) is 0.538. The summed E-state index contributed by atoms with van der Waals surface area (Å²) in [4.78, 5) is 9.43. The highest BCUT2D eigenvalue weighted by Gasteiger charge is 2.30. The molecule has 1 unspecified atom stereocenters. The molecule has 2 aromatic carbocycles. The van der Waals surface area contributed by atoms with Gasteiger partial charge in [0.15, 0.2) is 0 Å². The van der Waals surface area contributed by atoms with Crippen molar-refractivity contribution in [2.75, 3.05) is 51.3 Å². The van der Waals surface area contributed by atoms with Gasteiger partial charge in [-0.15, -0.1) is 11.8 Å². The van der Waals surface area contributed by atoms with E-state index in [0.29, 0.717) is 24.8 Å². The first kappa shape index (κ1) is 28.5. The van der Waals surface area contributed by atoms with E-state index in [4.69, 9.17) is 9.66 Å². The summed E-state index contributed by atoms with van der Waals surface area (Å²) in [5, 5.41) is 9.15. The lowest BCUT2D eigenvalue weighted by molar-refractivity contribution is 0.0898. The number of fused-ring (bicyclic) bond motifs is 2. The van der Waals surface area contributed by atoms with Gasteiger partial charge in [-0.05, 0) is 54.2 Å². The minimum atomic E-state index is -3.67. The Hall–Kier alpha value is -1.07. The Morgan fingerprint density at radius 3 is 2.43 bits per heavy atom. The zero-order valence-electron chi connectivity index (χ0n) is 20.9. The lowest BCUT2D eigenvalue weighted by atomic mass is 9.96. The van der Waals surface area contributed by atoms with Gasteiger partial charge < -0.3 is 10.0 Å². The molecule has 2 aromatic rings. The molecule has 2 N–H and O–H groups in total. The van der Waals surface area contributed by atoms with E-state index in [1.54, 1.807) is 0 Å². The van der Waals surface area contributed by atoms with E-state index in [2.05, 4.69) is 66.1 Å². The Labute approximate surface area is 219 Å². The summed E-state index contributed by atoms with van der Waals surface area (Å²) in [6.07, 6.45) is 2.69. The van der Waals surface area contributed by atoms with Crippen molar-refractivity contribution in [2.24, 2.45) is 5.92 Å². The molecule has 0 radical (unpaired) electrons. The summed E-state index contributed by atoms with van der Waals surface area (Å²) in [5.41, 5.74) is 2.98. The van der Waals surface area contributed by atoms with Crippen LogP contribution >= 0.6 is 23.5 Å². The van der Waals surface area contributed by atoms with E-state index in [9.17, 15) is 8.42 Å². The normalized spacial score (nSPS) is 18.9. The summed E-state index contributed by atoms with van der Waals surface area (Å²) in [6, 6.07) is 16.5. The highest BCUT2D eigenvalue weighted by atomic mass is 32.2. The minimum absolute atomic E-state index is 0.293. The van der Waals surface area contributed by atoms with E-state index in [1.807, 2.05) is 23.5 Å². The molecular weight excluding hydrogens is 500 g/mol. The predicted octanol–water partition coefficient (Wildman–Crippen LogP) is 4.69. The standard InChI is InChI=1S/C25H34N2OS2.CH4O3S/c1-19(2)18-29-21-8-9-25-22(17-21)23(16-20-6-3-4-7-24(20)30-25)27-13-11-26(12-14-27)10-5-15-28;1-5(2,3)4/h3-4,6-9,17,19,23,28H,5,10-16,18H2,1-2H3;1H3,(H,2,3,4). The Kier molecular flexibility index (Phi) is 11.0. The van der Waals surface area contributed by atoms with Crippen LogP contribution in [0.15, 0.2) is 57.2 Å². The van der Waals surface area contributed by atoms with Crippen LogP contribution < -0.4 is 0 Å². The minimum Gasteiger partial charge on any atom is -0.396 e. The lowest BCUT2D eigenvalue weighted by Gasteiger charge is -2.39. The van der Waals surface area contributed by atoms with E-state index < -0.39 is 10.1 Å². The zero-order chi connectivity index (χ0) is 25.4. The quantitative estimate of drug-likeness (QED) is 0.388. The van der Waals surface area contributed by atoms with Crippen LogP contribution in [0.1, 0.15) is 37.4 Å². The van der Waals surface area contributed by atoms with Crippen LogP contribution in [0.5, 0.6) is 0 Å². The average Bonchev–Trinajstić information content (AvgIpc) is 2.97. The van der Waals surface area contributed by atoms with Gasteiger partial charge in [0.25, 0.3) is 10.1 Å². The van der Waals surface area contributed by atoms with E-state index in [-0.39, 0.29) is 0 Å². The van der Waals surface area contributed by atoms with E-state index >= 15 is 0 Å². The second kappa shape index (κ2) is 13.5. The van der Waals surface area contributed by atoms with Crippen molar-refractivity contribution in [1.29, 1.82) is 0 Å². The summed E-state index contributed by atoms with van der Waals surface area (Å²) in [7, 11) is -3.67. The second-order valence-electron chi connectivity index (χ2n) is 9.52. The van der Waals surface area contributed by atoms with Gasteiger partial charge in [-0.2, -0.15) is 8.42 Å². The molecule has 4 rings (SSSR count). The topological polar surface area (TPSA) is 81.1 Å². The number of benzene rings is 2. The number of rotatable bonds is 7. The summed E-state index contributed by atoms with van der Waals surface area (Å²) < 4.78 is 25.9. The maximum absolute atomic E-state index is 9.19. The monoisotopic (exact) mass is 538 g/mol. The molecular formula is C26H38N2O4S3. The first-order valence-corrected chi connectivity index (χ1v) is 15.8. The molecule has 1 saturated heterocycles. The Morgan fingerprint density at radius 2 is 1.77 bits per heavy atom. The number of thioether (sulfide) groups is 1. The maximum Gasteiger partial charge on any atom is 0.261 e. The molecule has 0 bridgehead atoms. The van der Waals surface area contributed by atoms with Gasteiger partial charge in [0, 0.05) is 65.8 Å². The molecule has 0 aliphatic carbocycles. The second-order valence-corrected chi connectivity index (χ2v) is 13.2. The van der Waals surface area contributed by atoms with Crippen LogP contribution in [0.4, 0.5) is 0 Å². The lowest BCUT2D eigenvalue weighted by Crippen LogP contribution is -2.48. The molecule has 0 saturated carbocycles. The molecule has 2 aliphatic heterocycles. The Balaban J connectivity index is 0.000000623.